The summed E-state index contributed by atoms with van der Waals surface area (Å²) in [5.74, 6) is -3.53. The van der Waals surface area contributed by atoms with E-state index in [2.05, 4.69) is 10.3 Å². The predicted molar refractivity (Wildman–Crippen MR) is 62.2 cm³/mol. The molecule has 0 bridgehead atoms. The topological polar surface area (TPSA) is 29.9 Å². The van der Waals surface area contributed by atoms with Crippen molar-refractivity contribution in [2.45, 2.75) is 13.3 Å². The first-order valence-electron chi connectivity index (χ1n) is 5.56. The van der Waals surface area contributed by atoms with Gasteiger partial charge in [-0.1, -0.05) is 6.92 Å². The van der Waals surface area contributed by atoms with Crippen LogP contribution in [0, 0.1) is 17.5 Å². The number of benzene rings is 1. The van der Waals surface area contributed by atoms with Crippen LogP contribution in [0.5, 0.6) is 0 Å². The third kappa shape index (κ3) is 2.18. The highest BCUT2D eigenvalue weighted by molar-refractivity contribution is 5.43. The Balaban J connectivity index is 2.43. The minimum Gasteiger partial charge on any atom is -0.355 e. The van der Waals surface area contributed by atoms with Crippen molar-refractivity contribution in [3.8, 4) is 5.69 Å². The summed E-state index contributed by atoms with van der Waals surface area (Å²) >= 11 is 0. The number of halogens is 3. The highest BCUT2D eigenvalue weighted by Gasteiger charge is 2.16. The van der Waals surface area contributed by atoms with E-state index in [0.717, 1.165) is 12.5 Å². The molecule has 2 aromatic rings. The molecule has 96 valence electrons. The van der Waals surface area contributed by atoms with Gasteiger partial charge in [-0.15, -0.1) is 0 Å². The first-order valence-corrected chi connectivity index (χ1v) is 5.56. The van der Waals surface area contributed by atoms with Crippen molar-refractivity contribution in [2.24, 2.45) is 0 Å². The zero-order chi connectivity index (χ0) is 13.1. The molecule has 0 aliphatic heterocycles. The van der Waals surface area contributed by atoms with Crippen molar-refractivity contribution in [2.75, 3.05) is 11.9 Å². The molecule has 1 aromatic carbocycles. The van der Waals surface area contributed by atoms with Crippen molar-refractivity contribution in [3.63, 3.8) is 0 Å². The van der Waals surface area contributed by atoms with E-state index >= 15 is 0 Å². The van der Waals surface area contributed by atoms with Gasteiger partial charge >= 0.3 is 0 Å². The SMILES string of the molecule is CCCNc1nccn1-c1ccc(F)c(F)c1F. The van der Waals surface area contributed by atoms with Gasteiger partial charge in [0.25, 0.3) is 0 Å². The highest BCUT2D eigenvalue weighted by atomic mass is 19.2. The van der Waals surface area contributed by atoms with Gasteiger partial charge in [-0.2, -0.15) is 0 Å². The van der Waals surface area contributed by atoms with Crippen LogP contribution in [0.1, 0.15) is 13.3 Å². The lowest BCUT2D eigenvalue weighted by Gasteiger charge is -2.10. The first-order chi connectivity index (χ1) is 8.65. The Morgan fingerprint density at radius 1 is 1.22 bits per heavy atom. The Hall–Kier alpha value is -1.98. The first kappa shape index (κ1) is 12.5. The molecular weight excluding hydrogens is 243 g/mol. The Morgan fingerprint density at radius 2 is 2.00 bits per heavy atom. The van der Waals surface area contributed by atoms with Crippen molar-refractivity contribution in [1.82, 2.24) is 9.55 Å². The number of nitrogens with zero attached hydrogens (tertiary/aromatic N) is 2. The molecule has 18 heavy (non-hydrogen) atoms. The Bertz CT molecular complexity index is 551. The number of anilines is 1. The number of imidazole rings is 1. The summed E-state index contributed by atoms with van der Waals surface area (Å²) < 4.78 is 41.0. The fraction of sp³-hybridized carbons (Fsp3) is 0.250. The summed E-state index contributed by atoms with van der Waals surface area (Å²) in [7, 11) is 0. The second kappa shape index (κ2) is 5.12. The van der Waals surface area contributed by atoms with Crippen molar-refractivity contribution >= 4 is 5.95 Å². The summed E-state index contributed by atoms with van der Waals surface area (Å²) in [6.45, 7) is 2.63. The molecule has 0 saturated carbocycles. The zero-order valence-electron chi connectivity index (χ0n) is 9.75. The lowest BCUT2D eigenvalue weighted by Crippen LogP contribution is -2.08. The molecule has 6 heteroatoms. The standard InChI is InChI=1S/C12H12F3N3/c1-2-5-16-12-17-6-7-18(12)9-4-3-8(13)10(14)11(9)15/h3-4,6-7H,2,5H2,1H3,(H,16,17). The van der Waals surface area contributed by atoms with Gasteiger partial charge < -0.3 is 5.32 Å². The third-order valence-electron chi connectivity index (χ3n) is 2.45. The van der Waals surface area contributed by atoms with Crippen LogP contribution in [0.4, 0.5) is 19.1 Å². The monoisotopic (exact) mass is 255 g/mol. The van der Waals surface area contributed by atoms with Crippen LogP contribution in [0.25, 0.3) is 5.69 Å². The molecule has 0 amide bonds. The van der Waals surface area contributed by atoms with E-state index in [1.807, 2.05) is 6.92 Å². The molecule has 0 saturated heterocycles. The fourth-order valence-electron chi connectivity index (χ4n) is 1.57. The van der Waals surface area contributed by atoms with Crippen LogP contribution in [-0.2, 0) is 0 Å². The van der Waals surface area contributed by atoms with Crippen LogP contribution < -0.4 is 5.32 Å². The summed E-state index contributed by atoms with van der Waals surface area (Å²) in [5.41, 5.74) is -0.0787. The van der Waals surface area contributed by atoms with Gasteiger partial charge in [0, 0.05) is 18.9 Å². The van der Waals surface area contributed by atoms with Crippen molar-refractivity contribution in [1.29, 1.82) is 0 Å². The Morgan fingerprint density at radius 3 is 2.72 bits per heavy atom. The van der Waals surface area contributed by atoms with Gasteiger partial charge in [-0.25, -0.2) is 18.2 Å². The maximum Gasteiger partial charge on any atom is 0.207 e. The minimum atomic E-state index is -1.48. The van der Waals surface area contributed by atoms with Crippen LogP contribution in [0.3, 0.4) is 0 Å². The van der Waals surface area contributed by atoms with E-state index in [1.165, 1.54) is 23.0 Å². The van der Waals surface area contributed by atoms with Gasteiger partial charge in [-0.3, -0.25) is 4.57 Å². The molecule has 3 nitrogen and oxygen atoms in total. The second-order valence-electron chi connectivity index (χ2n) is 3.74. The average Bonchev–Trinajstić information content (AvgIpc) is 2.82. The molecule has 0 fully saturated rings. The van der Waals surface area contributed by atoms with Gasteiger partial charge in [0.2, 0.25) is 5.95 Å². The number of aromatic nitrogens is 2. The maximum atomic E-state index is 13.6. The molecule has 1 aromatic heterocycles. The minimum absolute atomic E-state index is 0.0787. The number of hydrogen-bond donors (Lipinski definition) is 1. The Labute approximate surface area is 102 Å². The molecule has 0 radical (unpaired) electrons. The largest absolute Gasteiger partial charge is 0.355 e. The van der Waals surface area contributed by atoms with Gasteiger partial charge in [0.05, 0.1) is 5.69 Å². The van der Waals surface area contributed by atoms with Gasteiger partial charge in [0.15, 0.2) is 17.5 Å². The number of rotatable bonds is 4. The highest BCUT2D eigenvalue weighted by Crippen LogP contribution is 2.21. The zero-order valence-corrected chi connectivity index (χ0v) is 9.75. The average molecular weight is 255 g/mol. The van der Waals surface area contributed by atoms with E-state index in [0.29, 0.717) is 12.5 Å². The predicted octanol–water partition coefficient (Wildman–Crippen LogP) is 3.11. The molecule has 0 unspecified atom stereocenters. The normalized spacial score (nSPS) is 10.7. The van der Waals surface area contributed by atoms with Gasteiger partial charge in [-0.05, 0) is 18.6 Å². The summed E-state index contributed by atoms with van der Waals surface area (Å²) in [4.78, 5) is 3.99. The van der Waals surface area contributed by atoms with E-state index in [9.17, 15) is 13.2 Å². The van der Waals surface area contributed by atoms with E-state index < -0.39 is 17.5 Å². The van der Waals surface area contributed by atoms with E-state index in [-0.39, 0.29) is 5.69 Å². The van der Waals surface area contributed by atoms with Crippen LogP contribution >= 0.6 is 0 Å². The molecule has 0 aliphatic rings. The van der Waals surface area contributed by atoms with Crippen molar-refractivity contribution < 1.29 is 13.2 Å². The molecule has 0 aliphatic carbocycles. The summed E-state index contributed by atoms with van der Waals surface area (Å²) in [5, 5.41) is 2.97. The summed E-state index contributed by atoms with van der Waals surface area (Å²) in [6, 6.07) is 2.06. The number of hydrogen-bond acceptors (Lipinski definition) is 2. The molecular formula is C12H12F3N3. The van der Waals surface area contributed by atoms with Crippen LogP contribution in [-0.4, -0.2) is 16.1 Å². The fourth-order valence-corrected chi connectivity index (χ4v) is 1.57. The van der Waals surface area contributed by atoms with Crippen LogP contribution in [0.15, 0.2) is 24.5 Å². The third-order valence-corrected chi connectivity index (χ3v) is 2.45. The number of nitrogens with one attached hydrogen (secondary N) is 1. The smallest absolute Gasteiger partial charge is 0.207 e. The molecule has 0 spiro atoms. The lowest BCUT2D eigenvalue weighted by molar-refractivity contribution is 0.445. The summed E-state index contributed by atoms with van der Waals surface area (Å²) in [6.07, 6.45) is 3.81. The van der Waals surface area contributed by atoms with E-state index in [4.69, 9.17) is 0 Å². The van der Waals surface area contributed by atoms with E-state index in [1.54, 1.807) is 0 Å². The Kier molecular flexibility index (Phi) is 3.55. The lowest BCUT2D eigenvalue weighted by atomic mass is 10.3. The molecule has 2 rings (SSSR count). The van der Waals surface area contributed by atoms with Gasteiger partial charge in [0.1, 0.15) is 0 Å². The van der Waals surface area contributed by atoms with Crippen LogP contribution in [0.2, 0.25) is 0 Å². The van der Waals surface area contributed by atoms with Crippen molar-refractivity contribution in [3.05, 3.63) is 42.0 Å². The molecule has 1 heterocycles. The quantitative estimate of drug-likeness (QED) is 0.851. The molecule has 1 N–H and O–H groups in total. The second-order valence-corrected chi connectivity index (χ2v) is 3.74. The maximum absolute atomic E-state index is 13.6. The molecule has 0 atom stereocenters.